The Morgan fingerprint density at radius 1 is 0.885 bits per heavy atom. The summed E-state index contributed by atoms with van der Waals surface area (Å²) in [6, 6.07) is 18.4. The van der Waals surface area contributed by atoms with Crippen molar-refractivity contribution in [2.75, 3.05) is 6.61 Å². The van der Waals surface area contributed by atoms with Gasteiger partial charge in [0.05, 0.1) is 5.60 Å². The molecule has 1 aliphatic rings. The molecule has 0 saturated carbocycles. The second kappa shape index (κ2) is 9.01. The van der Waals surface area contributed by atoms with Crippen LogP contribution in [-0.2, 0) is 17.2 Å². The zero-order valence-corrected chi connectivity index (χ0v) is 17.6. The van der Waals surface area contributed by atoms with E-state index in [1.807, 2.05) is 0 Å². The van der Waals surface area contributed by atoms with Crippen molar-refractivity contribution in [1.82, 2.24) is 0 Å². The zero-order valence-electron chi connectivity index (χ0n) is 16.6. The molecule has 0 fully saturated rings. The van der Waals surface area contributed by atoms with E-state index < -0.39 is 0 Å². The average Bonchev–Trinajstić information content (AvgIpc) is 2.99. The van der Waals surface area contributed by atoms with Gasteiger partial charge >= 0.3 is 0 Å². The summed E-state index contributed by atoms with van der Waals surface area (Å²) in [4.78, 5) is 0. The maximum absolute atomic E-state index is 5.79. The molecule has 0 unspecified atom stereocenters. The molecule has 0 aliphatic heterocycles. The minimum Gasteiger partial charge on any atom is -0.376 e. The highest BCUT2D eigenvalue weighted by Gasteiger charge is 2.19. The van der Waals surface area contributed by atoms with E-state index >= 15 is 0 Å². The zero-order chi connectivity index (χ0) is 18.4. The van der Waals surface area contributed by atoms with Crippen molar-refractivity contribution in [2.45, 2.75) is 70.6 Å². The monoisotopic (exact) mass is 364 g/mol. The van der Waals surface area contributed by atoms with Gasteiger partial charge in [-0.3, -0.25) is 0 Å². The molecule has 2 aromatic rings. The van der Waals surface area contributed by atoms with E-state index in [2.05, 4.69) is 63.2 Å². The highest BCUT2D eigenvalue weighted by atomic mass is 28.2. The molecule has 1 aliphatic carbocycles. The van der Waals surface area contributed by atoms with Crippen LogP contribution in [-0.4, -0.2) is 21.7 Å². The summed E-state index contributed by atoms with van der Waals surface area (Å²) in [6.45, 7) is 7.30. The van der Waals surface area contributed by atoms with Crippen molar-refractivity contribution in [3.8, 4) is 11.1 Å². The SMILES string of the molecule is CC(C)(C)OCCCCCC[Si]Cc1cccc2c1Cc1ccccc1-2. The average molecular weight is 365 g/mol. The first kappa shape index (κ1) is 19.4. The lowest BCUT2D eigenvalue weighted by molar-refractivity contribution is -0.00471. The fourth-order valence-electron chi connectivity index (χ4n) is 3.70. The molecule has 2 heteroatoms. The van der Waals surface area contributed by atoms with Gasteiger partial charge in [0.15, 0.2) is 0 Å². The summed E-state index contributed by atoms with van der Waals surface area (Å²) < 4.78 is 5.79. The quantitative estimate of drug-likeness (QED) is 0.322. The van der Waals surface area contributed by atoms with Crippen LogP contribution in [0, 0.1) is 0 Å². The van der Waals surface area contributed by atoms with Crippen LogP contribution in [0.2, 0.25) is 6.04 Å². The largest absolute Gasteiger partial charge is 0.376 e. The molecule has 0 bridgehead atoms. The second-order valence-corrected chi connectivity index (χ2v) is 9.68. The molecular weight excluding hydrogens is 332 g/mol. The topological polar surface area (TPSA) is 9.23 Å². The van der Waals surface area contributed by atoms with E-state index in [0.29, 0.717) is 0 Å². The van der Waals surface area contributed by atoms with Crippen molar-refractivity contribution in [2.24, 2.45) is 0 Å². The molecule has 0 heterocycles. The van der Waals surface area contributed by atoms with Crippen LogP contribution in [0.15, 0.2) is 42.5 Å². The third-order valence-electron chi connectivity index (χ3n) is 5.05. The van der Waals surface area contributed by atoms with E-state index in [0.717, 1.165) is 22.5 Å². The molecular formula is C24H32OSi. The normalized spacial score (nSPS) is 12.9. The third-order valence-corrected chi connectivity index (χ3v) is 6.38. The Morgan fingerprint density at radius 3 is 2.50 bits per heavy atom. The van der Waals surface area contributed by atoms with E-state index in [-0.39, 0.29) is 5.60 Å². The Bertz CT molecular complexity index is 714. The summed E-state index contributed by atoms with van der Waals surface area (Å²) >= 11 is 0. The fourth-order valence-corrected chi connectivity index (χ4v) is 4.97. The van der Waals surface area contributed by atoms with Gasteiger partial charge in [0.2, 0.25) is 0 Å². The van der Waals surface area contributed by atoms with Crippen molar-refractivity contribution < 1.29 is 4.74 Å². The number of hydrogen-bond donors (Lipinski definition) is 0. The van der Waals surface area contributed by atoms with Crippen LogP contribution in [0.5, 0.6) is 0 Å². The molecule has 26 heavy (non-hydrogen) atoms. The lowest BCUT2D eigenvalue weighted by Gasteiger charge is -2.19. The third kappa shape index (κ3) is 5.31. The van der Waals surface area contributed by atoms with Gasteiger partial charge in [-0.15, -0.1) is 0 Å². The van der Waals surface area contributed by atoms with E-state index in [1.165, 1.54) is 54.5 Å². The molecule has 0 aromatic heterocycles. The lowest BCUT2D eigenvalue weighted by Crippen LogP contribution is -2.19. The van der Waals surface area contributed by atoms with Crippen LogP contribution in [0.1, 0.15) is 63.1 Å². The predicted octanol–water partition coefficient (Wildman–Crippen LogP) is 6.26. The van der Waals surface area contributed by atoms with Gasteiger partial charge in [0.1, 0.15) is 0 Å². The highest BCUT2D eigenvalue weighted by molar-refractivity contribution is 6.35. The minimum atomic E-state index is 0.0109. The van der Waals surface area contributed by atoms with Gasteiger partial charge < -0.3 is 4.74 Å². The van der Waals surface area contributed by atoms with Crippen molar-refractivity contribution in [3.63, 3.8) is 0 Å². The molecule has 1 nitrogen and oxygen atoms in total. The fraction of sp³-hybridized carbons (Fsp3) is 0.500. The number of ether oxygens (including phenoxy) is 1. The van der Waals surface area contributed by atoms with Crippen LogP contribution in [0.4, 0.5) is 0 Å². The molecule has 0 amide bonds. The van der Waals surface area contributed by atoms with Crippen LogP contribution < -0.4 is 0 Å². The first-order valence-electron chi connectivity index (χ1n) is 10.1. The van der Waals surface area contributed by atoms with Gasteiger partial charge in [-0.2, -0.15) is 0 Å². The molecule has 138 valence electrons. The predicted molar refractivity (Wildman–Crippen MR) is 113 cm³/mol. The summed E-state index contributed by atoms with van der Waals surface area (Å²) in [5.41, 5.74) is 7.59. The van der Waals surface area contributed by atoms with Crippen LogP contribution in [0.25, 0.3) is 11.1 Å². The summed E-state index contributed by atoms with van der Waals surface area (Å²) in [5, 5.41) is 0. The van der Waals surface area contributed by atoms with Gasteiger partial charge in [-0.05, 0) is 67.5 Å². The second-order valence-electron chi connectivity index (χ2n) is 8.33. The maximum atomic E-state index is 5.79. The maximum Gasteiger partial charge on any atom is 0.0598 e. The Balaban J connectivity index is 1.37. The van der Waals surface area contributed by atoms with E-state index in [4.69, 9.17) is 4.74 Å². The van der Waals surface area contributed by atoms with Crippen molar-refractivity contribution >= 4 is 9.52 Å². The number of unbranched alkanes of at least 4 members (excludes halogenated alkanes) is 3. The standard InChI is InChI=1S/C24H32OSi/c1-24(2,3)25-15-8-4-5-9-16-26-18-20-12-10-14-22-21-13-7-6-11-19(21)17-23(20)22/h6-7,10-14H,4-5,8-9,15-18H2,1-3H3. The van der Waals surface area contributed by atoms with Gasteiger partial charge in [0, 0.05) is 16.1 Å². The van der Waals surface area contributed by atoms with Gasteiger partial charge in [0.25, 0.3) is 0 Å². The van der Waals surface area contributed by atoms with Crippen LogP contribution >= 0.6 is 0 Å². The molecule has 2 aromatic carbocycles. The molecule has 3 rings (SSSR count). The Labute approximate surface area is 162 Å². The molecule has 0 atom stereocenters. The Hall–Kier alpha value is -1.38. The first-order valence-corrected chi connectivity index (χ1v) is 11.5. The number of hydrogen-bond acceptors (Lipinski definition) is 1. The van der Waals surface area contributed by atoms with E-state index in [1.54, 1.807) is 11.1 Å². The minimum absolute atomic E-state index is 0.0109. The molecule has 2 radical (unpaired) electrons. The summed E-state index contributed by atoms with van der Waals surface area (Å²) in [5.74, 6) is 0. The van der Waals surface area contributed by atoms with Crippen molar-refractivity contribution in [1.29, 1.82) is 0 Å². The highest BCUT2D eigenvalue weighted by Crippen LogP contribution is 2.38. The number of benzene rings is 2. The van der Waals surface area contributed by atoms with Crippen molar-refractivity contribution in [3.05, 3.63) is 59.2 Å². The van der Waals surface area contributed by atoms with Gasteiger partial charge in [-0.1, -0.05) is 67.8 Å². The molecule has 0 spiro atoms. The molecule has 0 N–H and O–H groups in total. The Morgan fingerprint density at radius 2 is 1.65 bits per heavy atom. The number of rotatable bonds is 9. The van der Waals surface area contributed by atoms with Gasteiger partial charge in [-0.25, -0.2) is 0 Å². The lowest BCUT2D eigenvalue weighted by atomic mass is 10.0. The summed E-state index contributed by atoms with van der Waals surface area (Å²) in [7, 11) is 1.05. The van der Waals surface area contributed by atoms with E-state index in [9.17, 15) is 0 Å². The molecule has 0 saturated heterocycles. The number of fused-ring (bicyclic) bond motifs is 3. The van der Waals surface area contributed by atoms with Crippen LogP contribution in [0.3, 0.4) is 0 Å². The summed E-state index contributed by atoms with van der Waals surface area (Å²) in [6.07, 6.45) is 6.34. The smallest absolute Gasteiger partial charge is 0.0598 e. The first-order chi connectivity index (χ1) is 12.5. The Kier molecular flexibility index (Phi) is 6.72.